The molecule has 0 saturated heterocycles. The van der Waals surface area contributed by atoms with E-state index in [-0.39, 0.29) is 7.43 Å². The van der Waals surface area contributed by atoms with Crippen molar-refractivity contribution < 1.29 is 0 Å². The quantitative estimate of drug-likeness (QED) is 0.592. The first-order valence-electron chi connectivity index (χ1n) is 6.30. The Morgan fingerprint density at radius 1 is 0.941 bits per heavy atom. The molecular formula is C17H26. The number of rotatable bonds is 2. The Morgan fingerprint density at radius 3 is 2.12 bits per heavy atom. The van der Waals surface area contributed by atoms with Crippen molar-refractivity contribution in [3.63, 3.8) is 0 Å². The van der Waals surface area contributed by atoms with E-state index in [2.05, 4.69) is 56.3 Å². The summed E-state index contributed by atoms with van der Waals surface area (Å²) in [6.45, 7) is 8.52. The zero-order valence-corrected chi connectivity index (χ0v) is 10.8. The molecule has 17 heavy (non-hydrogen) atoms. The number of fused-ring (bicyclic) bond motifs is 1. The van der Waals surface area contributed by atoms with E-state index in [0.29, 0.717) is 5.92 Å². The van der Waals surface area contributed by atoms with E-state index < -0.39 is 0 Å². The van der Waals surface area contributed by atoms with Gasteiger partial charge in [0.25, 0.3) is 0 Å². The Morgan fingerprint density at radius 2 is 1.53 bits per heavy atom. The van der Waals surface area contributed by atoms with E-state index in [4.69, 9.17) is 0 Å². The van der Waals surface area contributed by atoms with E-state index in [1.54, 1.807) is 0 Å². The summed E-state index contributed by atoms with van der Waals surface area (Å²) in [5.74, 6) is 0.666. The van der Waals surface area contributed by atoms with Crippen molar-refractivity contribution in [2.24, 2.45) is 0 Å². The van der Waals surface area contributed by atoms with Gasteiger partial charge in [0.1, 0.15) is 0 Å². The van der Waals surface area contributed by atoms with Gasteiger partial charge in [0.2, 0.25) is 0 Å². The van der Waals surface area contributed by atoms with Gasteiger partial charge in [0, 0.05) is 0 Å². The van der Waals surface area contributed by atoms with E-state index in [9.17, 15) is 0 Å². The van der Waals surface area contributed by atoms with Crippen LogP contribution < -0.4 is 0 Å². The molecule has 2 aromatic carbocycles. The maximum atomic E-state index is 2.31. The normalized spacial score (nSPS) is 11.1. The molecule has 0 aliphatic heterocycles. The highest BCUT2D eigenvalue weighted by Gasteiger charge is 2.02. The van der Waals surface area contributed by atoms with Gasteiger partial charge in [0.15, 0.2) is 0 Å². The Kier molecular flexibility index (Phi) is 7.29. The summed E-state index contributed by atoms with van der Waals surface area (Å²) >= 11 is 0. The van der Waals surface area contributed by atoms with Gasteiger partial charge in [-0.05, 0) is 28.7 Å². The molecule has 0 aliphatic carbocycles. The molecule has 0 aromatic heterocycles. The predicted octanol–water partition coefficient (Wildman–Crippen LogP) is 6.02. The Bertz CT molecular complexity index is 429. The molecule has 0 nitrogen and oxygen atoms in total. The second kappa shape index (κ2) is 7.89. The summed E-state index contributed by atoms with van der Waals surface area (Å²) < 4.78 is 0. The van der Waals surface area contributed by atoms with E-state index in [1.165, 1.54) is 22.8 Å². The molecule has 0 amide bonds. The van der Waals surface area contributed by atoms with Gasteiger partial charge < -0.3 is 0 Å². The van der Waals surface area contributed by atoms with Crippen LogP contribution in [0, 0.1) is 0 Å². The van der Waals surface area contributed by atoms with Gasteiger partial charge in [-0.15, -0.1) is 0 Å². The van der Waals surface area contributed by atoms with Crippen LogP contribution in [-0.4, -0.2) is 0 Å². The molecule has 0 saturated carbocycles. The highest BCUT2D eigenvalue weighted by molar-refractivity contribution is 5.83. The lowest BCUT2D eigenvalue weighted by Gasteiger charge is -2.09. The first kappa shape index (κ1) is 15.7. The minimum Gasteiger partial charge on any atom is -0.0776 e. The molecule has 2 aromatic rings. The molecule has 0 spiro atoms. The maximum Gasteiger partial charge on any atom is -0.0181 e. The van der Waals surface area contributed by atoms with Crippen molar-refractivity contribution >= 4 is 10.8 Å². The Balaban J connectivity index is 0.000000811. The standard InChI is InChI=1S/C14H16.C2H6.CH4/c1-3-11(2)13-9-8-12-6-4-5-7-14(12)10-13;1-2;/h4-11H,3H2,1-2H3;1-2H3;1H4. The second-order valence-electron chi connectivity index (χ2n) is 3.92. The van der Waals surface area contributed by atoms with Gasteiger partial charge in [0.05, 0.1) is 0 Å². The van der Waals surface area contributed by atoms with Gasteiger partial charge in [-0.3, -0.25) is 0 Å². The first-order valence-corrected chi connectivity index (χ1v) is 6.30. The number of benzene rings is 2. The van der Waals surface area contributed by atoms with Crippen LogP contribution in [0.1, 0.15) is 53.0 Å². The average molecular weight is 230 g/mol. The molecule has 0 heteroatoms. The van der Waals surface area contributed by atoms with Crippen LogP contribution >= 0.6 is 0 Å². The highest BCUT2D eigenvalue weighted by Crippen LogP contribution is 2.23. The Hall–Kier alpha value is -1.30. The molecule has 0 fully saturated rings. The zero-order valence-electron chi connectivity index (χ0n) is 10.8. The summed E-state index contributed by atoms with van der Waals surface area (Å²) in [6.07, 6.45) is 1.21. The van der Waals surface area contributed by atoms with Gasteiger partial charge >= 0.3 is 0 Å². The summed E-state index contributed by atoms with van der Waals surface area (Å²) in [7, 11) is 0. The molecule has 0 heterocycles. The van der Waals surface area contributed by atoms with Gasteiger partial charge in [-0.25, -0.2) is 0 Å². The van der Waals surface area contributed by atoms with Crippen molar-refractivity contribution in [1.82, 2.24) is 0 Å². The lowest BCUT2D eigenvalue weighted by atomic mass is 9.96. The first-order chi connectivity index (χ1) is 7.81. The molecule has 0 N–H and O–H groups in total. The topological polar surface area (TPSA) is 0 Å². The van der Waals surface area contributed by atoms with Crippen molar-refractivity contribution in [3.05, 3.63) is 48.0 Å². The minimum absolute atomic E-state index is 0. The summed E-state index contributed by atoms with van der Waals surface area (Å²) in [5.41, 5.74) is 1.45. The van der Waals surface area contributed by atoms with Crippen LogP contribution in [0.15, 0.2) is 42.5 Å². The monoisotopic (exact) mass is 230 g/mol. The molecular weight excluding hydrogens is 204 g/mol. The fraction of sp³-hybridized carbons (Fsp3) is 0.412. The van der Waals surface area contributed by atoms with Crippen LogP contribution in [0.25, 0.3) is 10.8 Å². The zero-order chi connectivity index (χ0) is 12.0. The maximum absolute atomic E-state index is 2.31. The van der Waals surface area contributed by atoms with E-state index >= 15 is 0 Å². The Labute approximate surface area is 107 Å². The highest BCUT2D eigenvalue weighted by atomic mass is 14.1. The van der Waals surface area contributed by atoms with Crippen molar-refractivity contribution in [3.8, 4) is 0 Å². The van der Waals surface area contributed by atoms with Crippen LogP contribution in [-0.2, 0) is 0 Å². The second-order valence-corrected chi connectivity index (χ2v) is 3.92. The van der Waals surface area contributed by atoms with Gasteiger partial charge in [-0.2, -0.15) is 0 Å². The lowest BCUT2D eigenvalue weighted by Crippen LogP contribution is -1.90. The average Bonchev–Trinajstić information content (AvgIpc) is 2.39. The molecule has 0 bridgehead atoms. The van der Waals surface area contributed by atoms with Crippen LogP contribution in [0.3, 0.4) is 0 Å². The molecule has 0 radical (unpaired) electrons. The molecule has 1 unspecified atom stereocenters. The molecule has 1 atom stereocenters. The van der Waals surface area contributed by atoms with Crippen LogP contribution in [0.5, 0.6) is 0 Å². The van der Waals surface area contributed by atoms with Crippen molar-refractivity contribution in [1.29, 1.82) is 0 Å². The summed E-state index contributed by atoms with van der Waals surface area (Å²) in [5, 5.41) is 2.69. The third kappa shape index (κ3) is 3.89. The fourth-order valence-corrected chi connectivity index (χ4v) is 1.75. The van der Waals surface area contributed by atoms with E-state index in [1.807, 2.05) is 13.8 Å². The largest absolute Gasteiger partial charge is 0.0776 e. The minimum atomic E-state index is 0. The summed E-state index contributed by atoms with van der Waals surface area (Å²) in [6, 6.07) is 15.3. The summed E-state index contributed by atoms with van der Waals surface area (Å²) in [4.78, 5) is 0. The predicted molar refractivity (Wildman–Crippen MR) is 80.7 cm³/mol. The van der Waals surface area contributed by atoms with Gasteiger partial charge in [-0.1, -0.05) is 77.6 Å². The number of hydrogen-bond donors (Lipinski definition) is 0. The third-order valence-electron chi connectivity index (χ3n) is 2.95. The molecule has 0 aliphatic rings. The number of hydrogen-bond acceptors (Lipinski definition) is 0. The third-order valence-corrected chi connectivity index (χ3v) is 2.95. The van der Waals surface area contributed by atoms with Crippen LogP contribution in [0.4, 0.5) is 0 Å². The van der Waals surface area contributed by atoms with E-state index in [0.717, 1.165) is 0 Å². The van der Waals surface area contributed by atoms with Crippen molar-refractivity contribution in [2.75, 3.05) is 0 Å². The molecule has 94 valence electrons. The lowest BCUT2D eigenvalue weighted by molar-refractivity contribution is 0.735. The molecule has 2 rings (SSSR count). The SMILES string of the molecule is C.CC.CCC(C)c1ccc2ccccc2c1. The smallest absolute Gasteiger partial charge is 0.0181 e. The van der Waals surface area contributed by atoms with Crippen molar-refractivity contribution in [2.45, 2.75) is 47.5 Å². The van der Waals surface area contributed by atoms with Crippen LogP contribution in [0.2, 0.25) is 0 Å². The fourth-order valence-electron chi connectivity index (χ4n) is 1.75.